The molecule has 0 aliphatic rings. The van der Waals surface area contributed by atoms with Crippen LogP contribution < -0.4 is 0 Å². The summed E-state index contributed by atoms with van der Waals surface area (Å²) in [7, 11) is -4.20. The molecule has 0 saturated carbocycles. The molecule has 18 heavy (non-hydrogen) atoms. The highest BCUT2D eigenvalue weighted by Crippen LogP contribution is 2.10. The monoisotopic (exact) mass is 273 g/mol. The first-order valence-corrected chi connectivity index (χ1v) is 6.86. The van der Waals surface area contributed by atoms with E-state index in [0.717, 1.165) is 0 Å². The highest BCUT2D eigenvalue weighted by molar-refractivity contribution is 7.85. The van der Waals surface area contributed by atoms with Crippen molar-refractivity contribution in [3.63, 3.8) is 0 Å². The highest BCUT2D eigenvalue weighted by atomic mass is 32.2. The van der Waals surface area contributed by atoms with Gasteiger partial charge in [-0.15, -0.1) is 0 Å². The average Bonchev–Trinajstić information content (AvgIpc) is 2.27. The quantitative estimate of drug-likeness (QED) is 0.468. The predicted octanol–water partition coefficient (Wildman–Crippen LogP) is 0.874. The summed E-state index contributed by atoms with van der Waals surface area (Å²) >= 11 is 0. The maximum atomic E-state index is 11.4. The second kappa shape index (κ2) is 6.36. The first-order chi connectivity index (χ1) is 8.38. The average molecular weight is 273 g/mol. The number of benzene rings is 1. The summed E-state index contributed by atoms with van der Waals surface area (Å²) in [5.74, 6) is -0.962. The Kier molecular flexibility index (Phi) is 5.11. The zero-order chi connectivity index (χ0) is 13.6. The van der Waals surface area contributed by atoms with Crippen LogP contribution in [0.15, 0.2) is 24.3 Å². The van der Waals surface area contributed by atoms with Gasteiger partial charge in [0, 0.05) is 5.75 Å². The Bertz CT molecular complexity index is 491. The fraction of sp³-hybridized carbons (Fsp3) is 0.364. The van der Waals surface area contributed by atoms with Gasteiger partial charge in [0.25, 0.3) is 0 Å². The fourth-order valence-electron chi connectivity index (χ4n) is 1.23. The van der Waals surface area contributed by atoms with Crippen LogP contribution in [0.1, 0.15) is 23.2 Å². The molecule has 0 aliphatic carbocycles. The Morgan fingerprint density at radius 3 is 2.39 bits per heavy atom. The van der Waals surface area contributed by atoms with Crippen molar-refractivity contribution in [3.05, 3.63) is 29.8 Å². The third-order valence-electron chi connectivity index (χ3n) is 2.12. The van der Waals surface area contributed by atoms with Crippen LogP contribution in [0.25, 0.3) is 0 Å². The molecule has 1 aromatic rings. The van der Waals surface area contributed by atoms with Crippen molar-refractivity contribution in [3.8, 4) is 5.75 Å². The van der Waals surface area contributed by atoms with E-state index in [1.807, 2.05) is 0 Å². The Morgan fingerprint density at radius 1 is 1.22 bits per heavy atom. The molecule has 6 nitrogen and oxygen atoms in total. The number of carbonyl (C=O) groups is 1. The van der Waals surface area contributed by atoms with Crippen LogP contribution >= 0.6 is 0 Å². The van der Waals surface area contributed by atoms with E-state index >= 15 is 0 Å². The number of aromatic hydroxyl groups is 1. The molecule has 7 heteroatoms. The Balaban J connectivity index is 2.28. The number of phenolic OH excluding ortho intramolecular Hbond substituents is 1. The van der Waals surface area contributed by atoms with E-state index in [4.69, 9.17) is 9.84 Å². The lowest BCUT2D eigenvalue weighted by atomic mass is 10.2. The highest BCUT2D eigenvalue weighted by Gasteiger charge is 2.06. The molecule has 0 unspecified atom stereocenters. The van der Waals surface area contributed by atoms with Gasteiger partial charge in [-0.25, -0.2) is 13.2 Å². The van der Waals surface area contributed by atoms with Gasteiger partial charge in [-0.3, -0.25) is 0 Å². The molecule has 1 rings (SSSR count). The number of hydrogen-bond acceptors (Lipinski definition) is 6. The minimum absolute atomic E-state index is 0.0483. The van der Waals surface area contributed by atoms with Crippen LogP contribution in [-0.2, 0) is 14.9 Å². The Labute approximate surface area is 105 Å². The van der Waals surface area contributed by atoms with Crippen molar-refractivity contribution >= 4 is 16.1 Å². The molecule has 0 heterocycles. The molecular weight excluding hydrogens is 260 g/mol. The molecule has 0 atom stereocenters. The maximum absolute atomic E-state index is 11.4. The largest absolute Gasteiger partial charge is 0.748 e. The lowest BCUT2D eigenvalue weighted by molar-refractivity contribution is 0.0500. The van der Waals surface area contributed by atoms with Gasteiger partial charge in [0.2, 0.25) is 0 Å². The van der Waals surface area contributed by atoms with Gasteiger partial charge in [-0.2, -0.15) is 0 Å². The summed E-state index contributed by atoms with van der Waals surface area (Å²) in [6.07, 6.45) is 0.472. The molecule has 1 N–H and O–H groups in total. The second-order valence-electron chi connectivity index (χ2n) is 3.65. The van der Waals surface area contributed by atoms with Gasteiger partial charge in [0.15, 0.2) is 0 Å². The molecule has 100 valence electrons. The lowest BCUT2D eigenvalue weighted by Gasteiger charge is -2.07. The summed E-state index contributed by atoms with van der Waals surface area (Å²) < 4.78 is 35.7. The number of carbonyl (C=O) groups excluding carboxylic acids is 1. The summed E-state index contributed by atoms with van der Waals surface area (Å²) in [6.45, 7) is 0.0508. The summed E-state index contributed by atoms with van der Waals surface area (Å²) in [5, 5.41) is 9.02. The molecule has 0 amide bonds. The second-order valence-corrected chi connectivity index (χ2v) is 5.18. The number of phenols is 1. The van der Waals surface area contributed by atoms with E-state index in [0.29, 0.717) is 12.0 Å². The maximum Gasteiger partial charge on any atom is 0.338 e. The lowest BCUT2D eigenvalue weighted by Crippen LogP contribution is -2.09. The molecule has 0 fully saturated rings. The Hall–Kier alpha value is -1.60. The molecular formula is C11H13O6S-. The van der Waals surface area contributed by atoms with Gasteiger partial charge < -0.3 is 14.4 Å². The van der Waals surface area contributed by atoms with Crippen molar-refractivity contribution in [1.29, 1.82) is 0 Å². The number of ether oxygens (including phenoxy) is 1. The van der Waals surface area contributed by atoms with Gasteiger partial charge in [0.1, 0.15) is 5.75 Å². The van der Waals surface area contributed by atoms with Crippen LogP contribution in [-0.4, -0.2) is 36.4 Å². The standard InChI is InChI=1S/C11H14O6S/c12-10-5-3-9(4-6-10)11(13)17-7-1-2-8-18(14,15)16/h3-6,12H,1-2,7-8H2,(H,14,15,16)/p-1. The summed E-state index contributed by atoms with van der Waals surface area (Å²) in [5.41, 5.74) is 0.296. The smallest absolute Gasteiger partial charge is 0.338 e. The molecule has 0 aliphatic heterocycles. The minimum atomic E-state index is -4.20. The van der Waals surface area contributed by atoms with Crippen molar-refractivity contribution in [1.82, 2.24) is 0 Å². The molecule has 0 aromatic heterocycles. The van der Waals surface area contributed by atoms with Crippen molar-refractivity contribution in [2.24, 2.45) is 0 Å². The fourth-order valence-corrected chi connectivity index (χ4v) is 1.78. The van der Waals surface area contributed by atoms with E-state index in [-0.39, 0.29) is 18.8 Å². The van der Waals surface area contributed by atoms with E-state index in [9.17, 15) is 17.8 Å². The SMILES string of the molecule is O=C(OCCCCS(=O)(=O)[O-])c1ccc(O)cc1. The minimum Gasteiger partial charge on any atom is -0.748 e. The Morgan fingerprint density at radius 2 is 1.83 bits per heavy atom. The van der Waals surface area contributed by atoms with E-state index in [1.54, 1.807) is 0 Å². The normalized spacial score (nSPS) is 11.2. The van der Waals surface area contributed by atoms with E-state index in [1.165, 1.54) is 24.3 Å². The summed E-state index contributed by atoms with van der Waals surface area (Å²) in [4.78, 5) is 11.4. The van der Waals surface area contributed by atoms with Gasteiger partial charge in [-0.05, 0) is 37.1 Å². The number of hydrogen-bond donors (Lipinski definition) is 1. The van der Waals surface area contributed by atoms with Crippen LogP contribution in [0.5, 0.6) is 5.75 Å². The van der Waals surface area contributed by atoms with Crippen LogP contribution in [0, 0.1) is 0 Å². The van der Waals surface area contributed by atoms with Crippen LogP contribution in [0.4, 0.5) is 0 Å². The van der Waals surface area contributed by atoms with Crippen molar-refractivity contribution < 1.29 is 27.6 Å². The topological polar surface area (TPSA) is 104 Å². The first kappa shape index (κ1) is 14.5. The van der Waals surface area contributed by atoms with Gasteiger partial charge >= 0.3 is 5.97 Å². The zero-order valence-electron chi connectivity index (χ0n) is 9.53. The third kappa shape index (κ3) is 5.65. The van der Waals surface area contributed by atoms with Crippen molar-refractivity contribution in [2.45, 2.75) is 12.8 Å². The van der Waals surface area contributed by atoms with E-state index < -0.39 is 21.8 Å². The van der Waals surface area contributed by atoms with Crippen LogP contribution in [0.2, 0.25) is 0 Å². The molecule has 0 radical (unpaired) electrons. The molecule has 0 saturated heterocycles. The number of rotatable bonds is 6. The number of unbranched alkanes of at least 4 members (excludes halogenated alkanes) is 1. The first-order valence-electron chi connectivity index (χ1n) is 5.28. The molecule has 0 bridgehead atoms. The molecule has 0 spiro atoms. The van der Waals surface area contributed by atoms with Crippen LogP contribution in [0.3, 0.4) is 0 Å². The van der Waals surface area contributed by atoms with Crippen molar-refractivity contribution in [2.75, 3.05) is 12.4 Å². The third-order valence-corrected chi connectivity index (χ3v) is 2.91. The zero-order valence-corrected chi connectivity index (χ0v) is 10.4. The van der Waals surface area contributed by atoms with Gasteiger partial charge in [0.05, 0.1) is 22.3 Å². The number of esters is 1. The van der Waals surface area contributed by atoms with Gasteiger partial charge in [-0.1, -0.05) is 0 Å². The predicted molar refractivity (Wildman–Crippen MR) is 62.2 cm³/mol. The summed E-state index contributed by atoms with van der Waals surface area (Å²) in [6, 6.07) is 5.56. The van der Waals surface area contributed by atoms with E-state index in [2.05, 4.69) is 0 Å². The molecule has 1 aromatic carbocycles.